The summed E-state index contributed by atoms with van der Waals surface area (Å²) in [5, 5.41) is 10.6. The molecule has 0 unspecified atom stereocenters. The number of amidine groups is 1. The van der Waals surface area contributed by atoms with E-state index in [0.717, 1.165) is 11.3 Å². The predicted molar refractivity (Wildman–Crippen MR) is 60.5 cm³/mol. The van der Waals surface area contributed by atoms with Crippen molar-refractivity contribution in [2.45, 2.75) is 13.8 Å². The van der Waals surface area contributed by atoms with Crippen LogP contribution in [-0.4, -0.2) is 5.84 Å². The Kier molecular flexibility index (Phi) is 3.29. The van der Waals surface area contributed by atoms with E-state index in [-0.39, 0.29) is 0 Å². The van der Waals surface area contributed by atoms with E-state index in [1.807, 2.05) is 31.2 Å². The van der Waals surface area contributed by atoms with Crippen LogP contribution in [0.15, 0.2) is 36.0 Å². The summed E-state index contributed by atoms with van der Waals surface area (Å²) in [5.74, 6) is 0.330. The van der Waals surface area contributed by atoms with E-state index in [9.17, 15) is 0 Å². The van der Waals surface area contributed by atoms with Crippen LogP contribution in [0.25, 0.3) is 0 Å². The highest BCUT2D eigenvalue weighted by atomic mass is 14.9. The van der Waals surface area contributed by atoms with Gasteiger partial charge >= 0.3 is 0 Å². The minimum atomic E-state index is 0.330. The van der Waals surface area contributed by atoms with Gasteiger partial charge < -0.3 is 11.1 Å². The fourth-order valence-electron chi connectivity index (χ4n) is 0.963. The van der Waals surface area contributed by atoms with Crippen LogP contribution in [0, 0.1) is 12.3 Å². The molecule has 0 heterocycles. The van der Waals surface area contributed by atoms with Crippen LogP contribution in [-0.2, 0) is 0 Å². The average Bonchev–Trinajstić information content (AvgIpc) is 2.20. The first kappa shape index (κ1) is 10.3. The molecule has 0 radical (unpaired) electrons. The largest absolute Gasteiger partial charge is 0.404 e. The van der Waals surface area contributed by atoms with Gasteiger partial charge in [-0.3, -0.25) is 5.41 Å². The Hall–Kier alpha value is -1.77. The smallest absolute Gasteiger partial charge is 0.126 e. The van der Waals surface area contributed by atoms with Crippen molar-refractivity contribution in [1.82, 2.24) is 0 Å². The van der Waals surface area contributed by atoms with Gasteiger partial charge in [0.1, 0.15) is 5.84 Å². The maximum absolute atomic E-state index is 7.63. The molecule has 0 spiro atoms. The number of benzene rings is 1. The molecule has 3 heteroatoms. The maximum Gasteiger partial charge on any atom is 0.126 e. The first-order valence-electron chi connectivity index (χ1n) is 4.44. The average molecular weight is 189 g/mol. The topological polar surface area (TPSA) is 61.9 Å². The van der Waals surface area contributed by atoms with Gasteiger partial charge in [-0.05, 0) is 26.0 Å². The van der Waals surface area contributed by atoms with Crippen LogP contribution < -0.4 is 11.1 Å². The Morgan fingerprint density at radius 3 is 2.43 bits per heavy atom. The molecule has 1 aromatic carbocycles. The van der Waals surface area contributed by atoms with E-state index in [1.54, 1.807) is 6.92 Å². The molecule has 0 aliphatic carbocycles. The molecule has 0 saturated carbocycles. The zero-order valence-electron chi connectivity index (χ0n) is 8.46. The molecule has 1 aromatic rings. The molecule has 3 nitrogen and oxygen atoms in total. The molecule has 0 amide bonds. The van der Waals surface area contributed by atoms with Crippen molar-refractivity contribution in [3.63, 3.8) is 0 Å². The van der Waals surface area contributed by atoms with Crippen LogP contribution >= 0.6 is 0 Å². The highest BCUT2D eigenvalue weighted by Crippen LogP contribution is 2.09. The van der Waals surface area contributed by atoms with Crippen LogP contribution in [0.1, 0.15) is 12.5 Å². The van der Waals surface area contributed by atoms with Gasteiger partial charge in [0.05, 0.1) is 0 Å². The lowest BCUT2D eigenvalue weighted by Crippen LogP contribution is -2.12. The number of hydrogen-bond donors (Lipinski definition) is 3. The molecule has 14 heavy (non-hydrogen) atoms. The molecule has 0 aliphatic rings. The number of nitrogens with one attached hydrogen (secondary N) is 2. The highest BCUT2D eigenvalue weighted by molar-refractivity contribution is 6.05. The number of hydrogen-bond acceptors (Lipinski definition) is 2. The third kappa shape index (κ3) is 2.62. The number of aryl methyl sites for hydroxylation is 1. The lowest BCUT2D eigenvalue weighted by atomic mass is 10.2. The van der Waals surface area contributed by atoms with Gasteiger partial charge in [-0.15, -0.1) is 0 Å². The third-order valence-corrected chi connectivity index (χ3v) is 1.97. The van der Waals surface area contributed by atoms with Crippen molar-refractivity contribution in [1.29, 1.82) is 5.41 Å². The molecule has 0 bridgehead atoms. The lowest BCUT2D eigenvalue weighted by Gasteiger charge is -2.07. The van der Waals surface area contributed by atoms with E-state index in [1.165, 1.54) is 11.8 Å². The predicted octanol–water partition coefficient (Wildman–Crippen LogP) is 2.25. The first-order chi connectivity index (χ1) is 6.63. The Morgan fingerprint density at radius 2 is 1.93 bits per heavy atom. The molecular formula is C11H15N3. The van der Waals surface area contributed by atoms with Gasteiger partial charge in [-0.1, -0.05) is 17.7 Å². The molecule has 4 N–H and O–H groups in total. The molecule has 74 valence electrons. The molecule has 0 fully saturated rings. The highest BCUT2D eigenvalue weighted by Gasteiger charge is 1.98. The molecule has 0 saturated heterocycles. The van der Waals surface area contributed by atoms with Gasteiger partial charge in [-0.25, -0.2) is 0 Å². The summed E-state index contributed by atoms with van der Waals surface area (Å²) in [6.45, 7) is 3.82. The zero-order chi connectivity index (χ0) is 10.6. The summed E-state index contributed by atoms with van der Waals surface area (Å²) in [6.07, 6.45) is 1.42. The second-order valence-electron chi connectivity index (χ2n) is 3.22. The normalized spacial score (nSPS) is 11.1. The summed E-state index contributed by atoms with van der Waals surface area (Å²) in [7, 11) is 0. The maximum atomic E-state index is 7.63. The fourth-order valence-corrected chi connectivity index (χ4v) is 0.963. The first-order valence-corrected chi connectivity index (χ1v) is 4.44. The summed E-state index contributed by atoms with van der Waals surface area (Å²) in [6, 6.07) is 7.87. The van der Waals surface area contributed by atoms with E-state index < -0.39 is 0 Å². The summed E-state index contributed by atoms with van der Waals surface area (Å²) in [5.41, 5.74) is 8.14. The lowest BCUT2D eigenvalue weighted by molar-refractivity contribution is 1.38. The Labute approximate surface area is 84.1 Å². The van der Waals surface area contributed by atoms with Gasteiger partial charge in [-0.2, -0.15) is 0 Å². The van der Waals surface area contributed by atoms with Crippen molar-refractivity contribution < 1.29 is 0 Å². The molecule has 0 aromatic heterocycles. The Balaban J connectivity index is 2.70. The third-order valence-electron chi connectivity index (χ3n) is 1.97. The van der Waals surface area contributed by atoms with E-state index in [4.69, 9.17) is 11.1 Å². The molecule has 1 rings (SSSR count). The van der Waals surface area contributed by atoms with Gasteiger partial charge in [0, 0.05) is 17.5 Å². The number of nitrogens with two attached hydrogens (primary N) is 1. The van der Waals surface area contributed by atoms with Crippen molar-refractivity contribution in [3.05, 3.63) is 41.6 Å². The second-order valence-corrected chi connectivity index (χ2v) is 3.22. The standard InChI is InChI=1S/C11H15N3/c1-8-3-5-10(6-4-8)14-11(13)9(2)7-12/h3-7H,12H2,1-2H3,(H2,13,14)/b9-7-. The van der Waals surface area contributed by atoms with E-state index >= 15 is 0 Å². The van der Waals surface area contributed by atoms with Gasteiger partial charge in [0.15, 0.2) is 0 Å². The van der Waals surface area contributed by atoms with Gasteiger partial charge in [0.2, 0.25) is 0 Å². The SMILES string of the molecule is C/C(=C/N)C(=N)Nc1ccc(C)cc1. The van der Waals surface area contributed by atoms with Gasteiger partial charge in [0.25, 0.3) is 0 Å². The van der Waals surface area contributed by atoms with Crippen LogP contribution in [0.3, 0.4) is 0 Å². The van der Waals surface area contributed by atoms with Crippen molar-refractivity contribution in [2.75, 3.05) is 5.32 Å². The van der Waals surface area contributed by atoms with Crippen molar-refractivity contribution in [3.8, 4) is 0 Å². The summed E-state index contributed by atoms with van der Waals surface area (Å²) in [4.78, 5) is 0. The quantitative estimate of drug-likeness (QED) is 0.493. The van der Waals surface area contributed by atoms with E-state index in [2.05, 4.69) is 5.32 Å². The summed E-state index contributed by atoms with van der Waals surface area (Å²) < 4.78 is 0. The second kappa shape index (κ2) is 4.46. The minimum Gasteiger partial charge on any atom is -0.404 e. The van der Waals surface area contributed by atoms with Crippen LogP contribution in [0.2, 0.25) is 0 Å². The number of anilines is 1. The molecular weight excluding hydrogens is 174 g/mol. The van der Waals surface area contributed by atoms with Crippen molar-refractivity contribution >= 4 is 11.5 Å². The fraction of sp³-hybridized carbons (Fsp3) is 0.182. The molecule has 0 aliphatic heterocycles. The zero-order valence-corrected chi connectivity index (χ0v) is 8.46. The van der Waals surface area contributed by atoms with Crippen LogP contribution in [0.4, 0.5) is 5.69 Å². The summed E-state index contributed by atoms with van der Waals surface area (Å²) >= 11 is 0. The minimum absolute atomic E-state index is 0.330. The van der Waals surface area contributed by atoms with Crippen LogP contribution in [0.5, 0.6) is 0 Å². The number of rotatable bonds is 2. The monoisotopic (exact) mass is 189 g/mol. The van der Waals surface area contributed by atoms with Crippen molar-refractivity contribution in [2.24, 2.45) is 5.73 Å². The Morgan fingerprint density at radius 1 is 1.36 bits per heavy atom. The molecule has 0 atom stereocenters. The van der Waals surface area contributed by atoms with E-state index in [0.29, 0.717) is 5.84 Å². The Bertz CT molecular complexity index is 349.